The van der Waals surface area contributed by atoms with Crippen LogP contribution in [0.1, 0.15) is 36.0 Å². The summed E-state index contributed by atoms with van der Waals surface area (Å²) in [6, 6.07) is 1.47. The van der Waals surface area contributed by atoms with Gasteiger partial charge in [0.15, 0.2) is 0 Å². The fourth-order valence-electron chi connectivity index (χ4n) is 2.16. The van der Waals surface area contributed by atoms with Crippen molar-refractivity contribution >= 4 is 28.3 Å². The highest BCUT2D eigenvalue weighted by Gasteiger charge is 2.21. The van der Waals surface area contributed by atoms with Gasteiger partial charge in [0, 0.05) is 12.1 Å². The molecule has 0 spiro atoms. The Morgan fingerprint density at radius 2 is 2.00 bits per heavy atom. The molecule has 7 heteroatoms. The van der Waals surface area contributed by atoms with E-state index < -0.39 is 5.97 Å². The molecule has 6 nitrogen and oxygen atoms in total. The summed E-state index contributed by atoms with van der Waals surface area (Å²) in [7, 11) is 0. The van der Waals surface area contributed by atoms with E-state index in [2.05, 4.69) is 10.6 Å². The fraction of sp³-hybridized carbons (Fsp3) is 0.500. The lowest BCUT2D eigenvalue weighted by Gasteiger charge is -2.26. The number of hydrogen-bond acceptors (Lipinski definition) is 4. The SMILES string of the molecule is NC1CCC(NC(=O)Nc2sccc2C(=O)O)CC1. The molecule has 0 unspecified atom stereocenters. The van der Waals surface area contributed by atoms with Gasteiger partial charge < -0.3 is 16.2 Å². The van der Waals surface area contributed by atoms with E-state index in [9.17, 15) is 9.59 Å². The number of anilines is 1. The molecule has 0 saturated heterocycles. The van der Waals surface area contributed by atoms with Gasteiger partial charge >= 0.3 is 12.0 Å². The summed E-state index contributed by atoms with van der Waals surface area (Å²) in [5.41, 5.74) is 5.92. The van der Waals surface area contributed by atoms with E-state index in [1.807, 2.05) is 0 Å². The second-order valence-corrected chi connectivity index (χ2v) is 5.59. The first-order valence-corrected chi connectivity index (χ1v) is 7.08. The average molecular weight is 283 g/mol. The van der Waals surface area contributed by atoms with Crippen molar-refractivity contribution in [3.05, 3.63) is 17.0 Å². The summed E-state index contributed by atoms with van der Waals surface area (Å²) in [5.74, 6) is -1.04. The molecule has 0 aliphatic heterocycles. The zero-order valence-electron chi connectivity index (χ0n) is 10.4. The Hall–Kier alpha value is -1.60. The number of hydrogen-bond donors (Lipinski definition) is 4. The molecule has 1 aromatic heterocycles. The van der Waals surface area contributed by atoms with Crippen LogP contribution in [0.5, 0.6) is 0 Å². The number of carbonyl (C=O) groups is 2. The summed E-state index contributed by atoms with van der Waals surface area (Å²) in [6.45, 7) is 0. The monoisotopic (exact) mass is 283 g/mol. The van der Waals surface area contributed by atoms with E-state index >= 15 is 0 Å². The molecule has 5 N–H and O–H groups in total. The Bertz CT molecular complexity index is 467. The van der Waals surface area contributed by atoms with Crippen LogP contribution in [0.3, 0.4) is 0 Å². The van der Waals surface area contributed by atoms with Crippen LogP contribution < -0.4 is 16.4 Å². The second kappa shape index (κ2) is 6.03. The van der Waals surface area contributed by atoms with Crippen LogP contribution in [-0.4, -0.2) is 29.2 Å². The standard InChI is InChI=1S/C12H17N3O3S/c13-7-1-3-8(4-2-7)14-12(18)15-10-9(11(16)17)5-6-19-10/h5-8H,1-4,13H2,(H,16,17)(H2,14,15,18). The van der Waals surface area contributed by atoms with E-state index in [4.69, 9.17) is 10.8 Å². The second-order valence-electron chi connectivity index (χ2n) is 4.68. The van der Waals surface area contributed by atoms with Gasteiger partial charge in [-0.2, -0.15) is 0 Å². The Morgan fingerprint density at radius 1 is 1.32 bits per heavy atom. The normalized spacial score (nSPS) is 22.8. The van der Waals surface area contributed by atoms with Gasteiger partial charge in [-0.25, -0.2) is 9.59 Å². The van der Waals surface area contributed by atoms with Gasteiger partial charge in [0.1, 0.15) is 5.00 Å². The van der Waals surface area contributed by atoms with Gasteiger partial charge in [-0.1, -0.05) is 0 Å². The summed E-state index contributed by atoms with van der Waals surface area (Å²) >= 11 is 1.20. The lowest BCUT2D eigenvalue weighted by molar-refractivity contribution is 0.0698. The summed E-state index contributed by atoms with van der Waals surface area (Å²) < 4.78 is 0. The Morgan fingerprint density at radius 3 is 2.63 bits per heavy atom. The van der Waals surface area contributed by atoms with Crippen molar-refractivity contribution in [2.45, 2.75) is 37.8 Å². The lowest BCUT2D eigenvalue weighted by atomic mass is 9.92. The van der Waals surface area contributed by atoms with Crippen LogP contribution >= 0.6 is 11.3 Å². The van der Waals surface area contributed by atoms with Crippen molar-refractivity contribution < 1.29 is 14.7 Å². The van der Waals surface area contributed by atoms with Crippen LogP contribution in [0, 0.1) is 0 Å². The van der Waals surface area contributed by atoms with Crippen LogP contribution in [0.25, 0.3) is 0 Å². The van der Waals surface area contributed by atoms with Crippen LogP contribution in [-0.2, 0) is 0 Å². The molecule has 0 bridgehead atoms. The molecule has 1 saturated carbocycles. The van der Waals surface area contributed by atoms with Gasteiger partial charge in [0.25, 0.3) is 0 Å². The third kappa shape index (κ3) is 3.68. The first-order chi connectivity index (χ1) is 9.06. The quantitative estimate of drug-likeness (QED) is 0.679. The van der Waals surface area contributed by atoms with Crippen molar-refractivity contribution in [1.29, 1.82) is 0 Å². The Labute approximate surface area is 115 Å². The van der Waals surface area contributed by atoms with Gasteiger partial charge in [0.05, 0.1) is 5.56 Å². The summed E-state index contributed by atoms with van der Waals surface area (Å²) in [6.07, 6.45) is 3.55. The van der Waals surface area contributed by atoms with Crippen molar-refractivity contribution in [2.75, 3.05) is 5.32 Å². The lowest BCUT2D eigenvalue weighted by Crippen LogP contribution is -2.42. The Balaban J connectivity index is 1.87. The smallest absolute Gasteiger partial charge is 0.338 e. The molecule has 2 rings (SSSR count). The van der Waals surface area contributed by atoms with Crippen LogP contribution in [0.4, 0.5) is 9.80 Å². The van der Waals surface area contributed by atoms with E-state index in [0.29, 0.717) is 5.00 Å². The topological polar surface area (TPSA) is 104 Å². The fourth-order valence-corrected chi connectivity index (χ4v) is 2.94. The minimum absolute atomic E-state index is 0.116. The number of carbonyl (C=O) groups excluding carboxylic acids is 1. The molecule has 0 aromatic carbocycles. The molecular weight excluding hydrogens is 266 g/mol. The van der Waals surface area contributed by atoms with E-state index in [0.717, 1.165) is 25.7 Å². The van der Waals surface area contributed by atoms with Crippen molar-refractivity contribution in [3.8, 4) is 0 Å². The first kappa shape index (κ1) is 13.8. The molecule has 19 heavy (non-hydrogen) atoms. The highest BCUT2D eigenvalue weighted by molar-refractivity contribution is 7.14. The molecule has 1 heterocycles. The predicted molar refractivity (Wildman–Crippen MR) is 73.7 cm³/mol. The molecule has 1 aromatic rings. The minimum atomic E-state index is -1.04. The number of carboxylic acids is 1. The zero-order valence-corrected chi connectivity index (χ0v) is 11.2. The highest BCUT2D eigenvalue weighted by atomic mass is 32.1. The summed E-state index contributed by atoms with van der Waals surface area (Å²) in [4.78, 5) is 22.7. The van der Waals surface area contributed by atoms with E-state index in [1.54, 1.807) is 5.38 Å². The molecule has 1 aliphatic carbocycles. The van der Waals surface area contributed by atoms with Crippen molar-refractivity contribution in [1.82, 2.24) is 5.32 Å². The number of aromatic carboxylic acids is 1. The minimum Gasteiger partial charge on any atom is -0.478 e. The zero-order chi connectivity index (χ0) is 13.8. The number of carboxylic acid groups (broad SMARTS) is 1. The van der Waals surface area contributed by atoms with Gasteiger partial charge in [0.2, 0.25) is 0 Å². The maximum Gasteiger partial charge on any atom is 0.338 e. The number of amides is 2. The molecular formula is C12H17N3O3S. The molecule has 104 valence electrons. The number of nitrogens with two attached hydrogens (primary N) is 1. The molecule has 0 radical (unpaired) electrons. The highest BCUT2D eigenvalue weighted by Crippen LogP contribution is 2.23. The van der Waals surface area contributed by atoms with Gasteiger partial charge in [-0.05, 0) is 37.1 Å². The largest absolute Gasteiger partial charge is 0.478 e. The first-order valence-electron chi connectivity index (χ1n) is 6.20. The van der Waals surface area contributed by atoms with E-state index in [-0.39, 0.29) is 23.7 Å². The van der Waals surface area contributed by atoms with Crippen LogP contribution in [0.15, 0.2) is 11.4 Å². The predicted octanol–water partition coefficient (Wildman–Crippen LogP) is 1.84. The molecule has 0 atom stereocenters. The van der Waals surface area contributed by atoms with Crippen molar-refractivity contribution in [2.24, 2.45) is 5.73 Å². The van der Waals surface area contributed by atoms with E-state index in [1.165, 1.54) is 17.4 Å². The molecule has 1 fully saturated rings. The number of nitrogens with one attached hydrogen (secondary N) is 2. The van der Waals surface area contributed by atoms with Gasteiger partial charge in [-0.3, -0.25) is 5.32 Å². The third-order valence-electron chi connectivity index (χ3n) is 3.23. The number of urea groups is 1. The molecule has 2 amide bonds. The third-order valence-corrected chi connectivity index (χ3v) is 4.06. The van der Waals surface area contributed by atoms with Crippen LogP contribution in [0.2, 0.25) is 0 Å². The molecule has 1 aliphatic rings. The van der Waals surface area contributed by atoms with Crippen molar-refractivity contribution in [3.63, 3.8) is 0 Å². The summed E-state index contributed by atoms with van der Waals surface area (Å²) in [5, 5.41) is 16.4. The Kier molecular flexibility index (Phi) is 4.39. The van der Waals surface area contributed by atoms with Gasteiger partial charge in [-0.15, -0.1) is 11.3 Å². The maximum atomic E-state index is 11.8. The maximum absolute atomic E-state index is 11.8. The number of rotatable bonds is 3. The average Bonchev–Trinajstić information content (AvgIpc) is 2.80. The number of thiophene rings is 1.